The lowest BCUT2D eigenvalue weighted by Gasteiger charge is -2.23. The molecule has 1 aromatic carbocycles. The predicted octanol–water partition coefficient (Wildman–Crippen LogP) is 1.07. The molecule has 1 heterocycles. The largest absolute Gasteiger partial charge is 0.378 e. The normalized spacial score (nSPS) is 18.9. The molecule has 19 heavy (non-hydrogen) atoms. The molecule has 5 heteroatoms. The van der Waals surface area contributed by atoms with Crippen LogP contribution in [0, 0.1) is 0 Å². The van der Waals surface area contributed by atoms with Crippen LogP contribution in [0.4, 0.5) is 11.4 Å². The lowest BCUT2D eigenvalue weighted by Crippen LogP contribution is -2.43. The summed E-state index contributed by atoms with van der Waals surface area (Å²) in [4.78, 5) is 13.9. The van der Waals surface area contributed by atoms with Gasteiger partial charge in [-0.1, -0.05) is 6.07 Å². The second-order valence-electron chi connectivity index (χ2n) is 4.92. The lowest BCUT2D eigenvalue weighted by atomic mass is 10.2. The Morgan fingerprint density at radius 1 is 1.53 bits per heavy atom. The molecule has 0 bridgehead atoms. The van der Waals surface area contributed by atoms with E-state index >= 15 is 0 Å². The first-order chi connectivity index (χ1) is 9.15. The Morgan fingerprint density at radius 3 is 3.05 bits per heavy atom. The predicted molar refractivity (Wildman–Crippen MR) is 76.6 cm³/mol. The van der Waals surface area contributed by atoms with Crippen LogP contribution in [0.1, 0.15) is 6.42 Å². The highest BCUT2D eigenvalue weighted by atomic mass is 16.5. The summed E-state index contributed by atoms with van der Waals surface area (Å²) in [5.41, 5.74) is 1.89. The molecule has 1 aliphatic rings. The zero-order valence-corrected chi connectivity index (χ0v) is 11.5. The second-order valence-corrected chi connectivity index (χ2v) is 4.92. The zero-order valence-electron chi connectivity index (χ0n) is 11.5. The summed E-state index contributed by atoms with van der Waals surface area (Å²) in [5, 5.41) is 6.19. The Hall–Kier alpha value is -1.59. The van der Waals surface area contributed by atoms with Gasteiger partial charge in [0.2, 0.25) is 5.91 Å². The first-order valence-corrected chi connectivity index (χ1v) is 6.53. The van der Waals surface area contributed by atoms with Crippen molar-refractivity contribution in [2.45, 2.75) is 12.5 Å². The fourth-order valence-electron chi connectivity index (χ4n) is 2.05. The molecule has 2 rings (SSSR count). The summed E-state index contributed by atoms with van der Waals surface area (Å²) in [6.45, 7) is 2.14. The standard InChI is InChI=1S/C14H21N3O2/c1-17(2)13-5-3-4-11(8-13)16-14(18)9-12-10-19-7-6-15-12/h3-5,8,12,15H,6-7,9-10H2,1-2H3,(H,16,18). The molecule has 5 nitrogen and oxygen atoms in total. The molecular formula is C14H21N3O2. The zero-order chi connectivity index (χ0) is 13.7. The van der Waals surface area contributed by atoms with Crippen molar-refractivity contribution < 1.29 is 9.53 Å². The minimum Gasteiger partial charge on any atom is -0.378 e. The first-order valence-electron chi connectivity index (χ1n) is 6.53. The molecule has 0 aliphatic carbocycles. The van der Waals surface area contributed by atoms with Gasteiger partial charge in [0.15, 0.2) is 0 Å². The van der Waals surface area contributed by atoms with E-state index in [4.69, 9.17) is 4.74 Å². The van der Waals surface area contributed by atoms with E-state index in [1.807, 2.05) is 43.3 Å². The summed E-state index contributed by atoms with van der Waals surface area (Å²) in [6, 6.07) is 7.92. The summed E-state index contributed by atoms with van der Waals surface area (Å²) >= 11 is 0. The van der Waals surface area contributed by atoms with Crippen molar-refractivity contribution >= 4 is 17.3 Å². The Kier molecular flexibility index (Phi) is 4.76. The Bertz CT molecular complexity index is 428. The van der Waals surface area contributed by atoms with Crippen molar-refractivity contribution in [2.75, 3.05) is 44.1 Å². The molecule has 1 fully saturated rings. The van der Waals surface area contributed by atoms with Gasteiger partial charge in [0.1, 0.15) is 0 Å². The van der Waals surface area contributed by atoms with Crippen molar-refractivity contribution in [3.63, 3.8) is 0 Å². The van der Waals surface area contributed by atoms with E-state index in [1.165, 1.54) is 0 Å². The van der Waals surface area contributed by atoms with Crippen LogP contribution in [0.25, 0.3) is 0 Å². The summed E-state index contributed by atoms with van der Waals surface area (Å²) < 4.78 is 5.33. The maximum atomic E-state index is 11.9. The van der Waals surface area contributed by atoms with E-state index in [0.29, 0.717) is 13.0 Å². The molecule has 104 valence electrons. The van der Waals surface area contributed by atoms with Gasteiger partial charge in [-0.25, -0.2) is 0 Å². The molecule has 2 N–H and O–H groups in total. The first kappa shape index (κ1) is 13.8. The molecule has 1 aliphatic heterocycles. The number of carbonyl (C=O) groups is 1. The smallest absolute Gasteiger partial charge is 0.226 e. The van der Waals surface area contributed by atoms with Crippen molar-refractivity contribution in [3.05, 3.63) is 24.3 Å². The van der Waals surface area contributed by atoms with Crippen molar-refractivity contribution in [3.8, 4) is 0 Å². The van der Waals surface area contributed by atoms with Crippen LogP contribution in [0.15, 0.2) is 24.3 Å². The number of anilines is 2. The van der Waals surface area contributed by atoms with Gasteiger partial charge in [-0.05, 0) is 18.2 Å². The van der Waals surface area contributed by atoms with Crippen LogP contribution < -0.4 is 15.5 Å². The van der Waals surface area contributed by atoms with Gasteiger partial charge in [0, 0.05) is 44.5 Å². The Morgan fingerprint density at radius 2 is 2.37 bits per heavy atom. The number of carbonyl (C=O) groups excluding carboxylic acids is 1. The number of benzene rings is 1. The van der Waals surface area contributed by atoms with Crippen molar-refractivity contribution in [1.29, 1.82) is 0 Å². The minimum atomic E-state index is 0.0129. The molecule has 1 unspecified atom stereocenters. The van der Waals surface area contributed by atoms with Crippen LogP contribution in [-0.2, 0) is 9.53 Å². The van der Waals surface area contributed by atoms with Gasteiger partial charge in [-0.15, -0.1) is 0 Å². The fraction of sp³-hybridized carbons (Fsp3) is 0.500. The number of hydrogen-bond donors (Lipinski definition) is 2. The van der Waals surface area contributed by atoms with Crippen molar-refractivity contribution in [1.82, 2.24) is 5.32 Å². The number of ether oxygens (including phenoxy) is 1. The number of nitrogens with zero attached hydrogens (tertiary/aromatic N) is 1. The molecule has 1 amide bonds. The van der Waals surface area contributed by atoms with Gasteiger partial charge in [0.25, 0.3) is 0 Å². The number of amides is 1. The molecule has 0 spiro atoms. The molecular weight excluding hydrogens is 242 g/mol. The maximum absolute atomic E-state index is 11.9. The molecule has 1 atom stereocenters. The minimum absolute atomic E-state index is 0.0129. The molecule has 1 aromatic rings. The number of rotatable bonds is 4. The van der Waals surface area contributed by atoms with Crippen LogP contribution in [-0.4, -0.2) is 45.8 Å². The van der Waals surface area contributed by atoms with Gasteiger partial charge < -0.3 is 20.3 Å². The van der Waals surface area contributed by atoms with Crippen LogP contribution in [0.5, 0.6) is 0 Å². The topological polar surface area (TPSA) is 53.6 Å². The number of nitrogens with one attached hydrogen (secondary N) is 2. The van der Waals surface area contributed by atoms with E-state index < -0.39 is 0 Å². The fourth-order valence-corrected chi connectivity index (χ4v) is 2.05. The SMILES string of the molecule is CN(C)c1cccc(NC(=O)CC2COCCN2)c1. The lowest BCUT2D eigenvalue weighted by molar-refractivity contribution is -0.117. The average molecular weight is 263 g/mol. The van der Waals surface area contributed by atoms with Crippen LogP contribution in [0.3, 0.4) is 0 Å². The monoisotopic (exact) mass is 263 g/mol. The van der Waals surface area contributed by atoms with Gasteiger partial charge in [0.05, 0.1) is 13.2 Å². The third-order valence-corrected chi connectivity index (χ3v) is 3.08. The van der Waals surface area contributed by atoms with E-state index in [-0.39, 0.29) is 11.9 Å². The highest BCUT2D eigenvalue weighted by Crippen LogP contribution is 2.17. The third-order valence-electron chi connectivity index (χ3n) is 3.08. The summed E-state index contributed by atoms with van der Waals surface area (Å²) in [7, 11) is 3.95. The van der Waals surface area contributed by atoms with Gasteiger partial charge in [-0.3, -0.25) is 4.79 Å². The number of hydrogen-bond acceptors (Lipinski definition) is 4. The maximum Gasteiger partial charge on any atom is 0.226 e. The molecule has 0 radical (unpaired) electrons. The second kappa shape index (κ2) is 6.54. The average Bonchev–Trinajstić information content (AvgIpc) is 2.40. The molecule has 0 saturated carbocycles. The van der Waals surface area contributed by atoms with E-state index in [0.717, 1.165) is 24.5 Å². The van der Waals surface area contributed by atoms with Crippen LogP contribution >= 0.6 is 0 Å². The summed E-state index contributed by atoms with van der Waals surface area (Å²) in [5.74, 6) is 0.0129. The van der Waals surface area contributed by atoms with Gasteiger partial charge in [-0.2, -0.15) is 0 Å². The third kappa shape index (κ3) is 4.22. The molecule has 0 aromatic heterocycles. The van der Waals surface area contributed by atoms with E-state index in [9.17, 15) is 4.79 Å². The summed E-state index contributed by atoms with van der Waals surface area (Å²) in [6.07, 6.45) is 0.437. The van der Waals surface area contributed by atoms with Crippen LogP contribution in [0.2, 0.25) is 0 Å². The molecule has 1 saturated heterocycles. The highest BCUT2D eigenvalue weighted by Gasteiger charge is 2.16. The highest BCUT2D eigenvalue weighted by molar-refractivity contribution is 5.91. The quantitative estimate of drug-likeness (QED) is 0.853. The Labute approximate surface area is 113 Å². The number of morpholine rings is 1. The van der Waals surface area contributed by atoms with E-state index in [1.54, 1.807) is 0 Å². The van der Waals surface area contributed by atoms with E-state index in [2.05, 4.69) is 10.6 Å². The van der Waals surface area contributed by atoms with Gasteiger partial charge >= 0.3 is 0 Å². The van der Waals surface area contributed by atoms with Crippen molar-refractivity contribution in [2.24, 2.45) is 0 Å². The Balaban J connectivity index is 1.89.